The molecule has 0 spiro atoms. The van der Waals surface area contributed by atoms with Gasteiger partial charge in [-0.15, -0.1) is 0 Å². The van der Waals surface area contributed by atoms with Gasteiger partial charge >= 0.3 is 0 Å². The first-order valence-corrected chi connectivity index (χ1v) is 6.26. The summed E-state index contributed by atoms with van der Waals surface area (Å²) < 4.78 is 5.99. The van der Waals surface area contributed by atoms with Gasteiger partial charge in [0.15, 0.2) is 0 Å². The van der Waals surface area contributed by atoms with Crippen LogP contribution in [0.2, 0.25) is 0 Å². The maximum Gasteiger partial charge on any atom is 0.144 e. The van der Waals surface area contributed by atoms with Gasteiger partial charge in [-0.1, -0.05) is 20.8 Å². The van der Waals surface area contributed by atoms with Crippen LogP contribution >= 0.6 is 0 Å². The van der Waals surface area contributed by atoms with Gasteiger partial charge in [0.25, 0.3) is 0 Å². The summed E-state index contributed by atoms with van der Waals surface area (Å²) in [5, 5.41) is 0. The van der Waals surface area contributed by atoms with Gasteiger partial charge in [0, 0.05) is 11.3 Å². The molecular formula is C14H26O2. The van der Waals surface area contributed by atoms with Crippen molar-refractivity contribution in [3.05, 3.63) is 0 Å². The van der Waals surface area contributed by atoms with Crippen molar-refractivity contribution < 1.29 is 9.53 Å². The minimum absolute atomic E-state index is 0.0254. The summed E-state index contributed by atoms with van der Waals surface area (Å²) in [4.78, 5) is 12.5. The largest absolute Gasteiger partial charge is 0.369 e. The molecule has 0 N–H and O–H groups in total. The van der Waals surface area contributed by atoms with E-state index in [9.17, 15) is 4.79 Å². The molecule has 0 saturated carbocycles. The normalized spacial score (nSPS) is 28.1. The van der Waals surface area contributed by atoms with Crippen LogP contribution in [0.4, 0.5) is 0 Å². The number of Topliss-reactive ketones (excluding diaryl/α,β-unsaturated/α-hetero) is 1. The highest BCUT2D eigenvalue weighted by Gasteiger charge is 2.51. The number of rotatable bonds is 3. The molecule has 1 heterocycles. The Balaban J connectivity index is 2.94. The SMILES string of the molecule is CCC(C)(C)C(=O)C1CC(C)(C)OC1(C)C. The van der Waals surface area contributed by atoms with E-state index in [1.54, 1.807) is 0 Å². The fraction of sp³-hybridized carbons (Fsp3) is 0.929. The van der Waals surface area contributed by atoms with Crippen LogP contribution in [-0.4, -0.2) is 17.0 Å². The number of carbonyl (C=O) groups is 1. The predicted molar refractivity (Wildman–Crippen MR) is 66.4 cm³/mol. The lowest BCUT2D eigenvalue weighted by molar-refractivity contribution is -0.137. The number of ketones is 1. The minimum atomic E-state index is -0.326. The van der Waals surface area contributed by atoms with Crippen molar-refractivity contribution in [3.8, 4) is 0 Å². The fourth-order valence-electron chi connectivity index (χ4n) is 2.62. The van der Waals surface area contributed by atoms with Crippen LogP contribution in [-0.2, 0) is 9.53 Å². The van der Waals surface area contributed by atoms with E-state index in [1.807, 2.05) is 27.7 Å². The monoisotopic (exact) mass is 226 g/mol. The van der Waals surface area contributed by atoms with Gasteiger partial charge in [-0.05, 0) is 40.5 Å². The molecule has 0 aromatic heterocycles. The first kappa shape index (κ1) is 13.7. The third kappa shape index (κ3) is 2.48. The van der Waals surface area contributed by atoms with Crippen molar-refractivity contribution in [2.24, 2.45) is 11.3 Å². The molecule has 1 aliphatic rings. The Kier molecular flexibility index (Phi) is 3.28. The van der Waals surface area contributed by atoms with E-state index in [2.05, 4.69) is 20.8 Å². The van der Waals surface area contributed by atoms with Crippen LogP contribution in [0.3, 0.4) is 0 Å². The van der Waals surface area contributed by atoms with Gasteiger partial charge in [0.1, 0.15) is 5.78 Å². The Morgan fingerprint density at radius 1 is 1.31 bits per heavy atom. The van der Waals surface area contributed by atoms with E-state index in [0.29, 0.717) is 5.78 Å². The molecule has 1 fully saturated rings. The molecule has 1 unspecified atom stereocenters. The maximum absolute atomic E-state index is 12.5. The Hall–Kier alpha value is -0.370. The number of hydrogen-bond donors (Lipinski definition) is 0. The molecule has 2 heteroatoms. The predicted octanol–water partition coefficient (Wildman–Crippen LogP) is 3.59. The quantitative estimate of drug-likeness (QED) is 0.735. The number of ether oxygens (including phenoxy) is 1. The van der Waals surface area contributed by atoms with Crippen molar-refractivity contribution in [2.45, 2.75) is 72.5 Å². The number of carbonyl (C=O) groups excluding carboxylic acids is 1. The van der Waals surface area contributed by atoms with Gasteiger partial charge in [0.05, 0.1) is 11.2 Å². The first-order chi connectivity index (χ1) is 7.02. The molecule has 0 radical (unpaired) electrons. The van der Waals surface area contributed by atoms with E-state index in [4.69, 9.17) is 4.74 Å². The Bertz CT molecular complexity index is 287. The molecule has 2 nitrogen and oxygen atoms in total. The minimum Gasteiger partial charge on any atom is -0.369 e. The lowest BCUT2D eigenvalue weighted by atomic mass is 9.72. The molecule has 0 bridgehead atoms. The highest BCUT2D eigenvalue weighted by molar-refractivity contribution is 5.87. The molecule has 1 saturated heterocycles. The van der Waals surface area contributed by atoms with E-state index in [-0.39, 0.29) is 22.5 Å². The zero-order chi connectivity index (χ0) is 12.8. The second-order valence-electron chi connectivity index (χ2n) is 6.82. The van der Waals surface area contributed by atoms with E-state index < -0.39 is 0 Å². The summed E-state index contributed by atoms with van der Waals surface area (Å²) in [6, 6.07) is 0. The molecular weight excluding hydrogens is 200 g/mol. The average Bonchev–Trinajstić information content (AvgIpc) is 2.32. The first-order valence-electron chi connectivity index (χ1n) is 6.26. The zero-order valence-electron chi connectivity index (χ0n) is 11.8. The van der Waals surface area contributed by atoms with Gasteiger partial charge in [-0.3, -0.25) is 4.79 Å². The lowest BCUT2D eigenvalue weighted by Crippen LogP contribution is -2.40. The zero-order valence-corrected chi connectivity index (χ0v) is 11.8. The summed E-state index contributed by atoms with van der Waals surface area (Å²) in [5.74, 6) is 0.378. The Labute approximate surface area is 99.8 Å². The highest BCUT2D eigenvalue weighted by Crippen LogP contribution is 2.45. The topological polar surface area (TPSA) is 26.3 Å². The summed E-state index contributed by atoms with van der Waals surface area (Å²) in [7, 11) is 0. The van der Waals surface area contributed by atoms with Crippen LogP contribution in [0.5, 0.6) is 0 Å². The third-order valence-corrected chi connectivity index (χ3v) is 3.94. The second kappa shape index (κ2) is 3.83. The molecule has 1 aliphatic heterocycles. The fourth-order valence-corrected chi connectivity index (χ4v) is 2.62. The summed E-state index contributed by atoms with van der Waals surface area (Å²) >= 11 is 0. The van der Waals surface area contributed by atoms with Gasteiger partial charge < -0.3 is 4.74 Å². The van der Waals surface area contributed by atoms with Gasteiger partial charge in [-0.2, -0.15) is 0 Å². The second-order valence-corrected chi connectivity index (χ2v) is 6.82. The summed E-state index contributed by atoms with van der Waals surface area (Å²) in [6.07, 6.45) is 1.72. The molecule has 1 atom stereocenters. The Morgan fingerprint density at radius 3 is 2.12 bits per heavy atom. The van der Waals surface area contributed by atoms with E-state index >= 15 is 0 Å². The lowest BCUT2D eigenvalue weighted by Gasteiger charge is -2.31. The van der Waals surface area contributed by atoms with Crippen LogP contribution in [0, 0.1) is 11.3 Å². The van der Waals surface area contributed by atoms with Crippen molar-refractivity contribution in [2.75, 3.05) is 0 Å². The number of hydrogen-bond acceptors (Lipinski definition) is 2. The van der Waals surface area contributed by atoms with Crippen LogP contribution in [0.15, 0.2) is 0 Å². The van der Waals surface area contributed by atoms with Crippen LogP contribution in [0.25, 0.3) is 0 Å². The highest BCUT2D eigenvalue weighted by atomic mass is 16.5. The van der Waals surface area contributed by atoms with Crippen molar-refractivity contribution in [3.63, 3.8) is 0 Å². The van der Waals surface area contributed by atoms with E-state index in [1.165, 1.54) is 0 Å². The Morgan fingerprint density at radius 2 is 1.81 bits per heavy atom. The molecule has 0 amide bonds. The van der Waals surface area contributed by atoms with Gasteiger partial charge in [-0.25, -0.2) is 0 Å². The smallest absolute Gasteiger partial charge is 0.144 e. The van der Waals surface area contributed by atoms with E-state index in [0.717, 1.165) is 12.8 Å². The third-order valence-electron chi connectivity index (χ3n) is 3.94. The summed E-state index contributed by atoms with van der Waals surface area (Å²) in [6.45, 7) is 14.4. The molecule has 16 heavy (non-hydrogen) atoms. The standard InChI is InChI=1S/C14H26O2/c1-8-12(2,3)11(15)10-9-13(4,5)16-14(10,6)7/h10H,8-9H2,1-7H3. The van der Waals surface area contributed by atoms with Gasteiger partial charge in [0.2, 0.25) is 0 Å². The van der Waals surface area contributed by atoms with Crippen molar-refractivity contribution >= 4 is 5.78 Å². The summed E-state index contributed by atoms with van der Waals surface area (Å²) in [5.41, 5.74) is -0.730. The van der Waals surface area contributed by atoms with Crippen molar-refractivity contribution in [1.29, 1.82) is 0 Å². The molecule has 1 rings (SSSR count). The average molecular weight is 226 g/mol. The van der Waals surface area contributed by atoms with Crippen LogP contribution < -0.4 is 0 Å². The molecule has 94 valence electrons. The maximum atomic E-state index is 12.5. The molecule has 0 aromatic rings. The molecule has 0 aliphatic carbocycles. The van der Waals surface area contributed by atoms with Crippen LogP contribution in [0.1, 0.15) is 61.3 Å². The molecule has 0 aromatic carbocycles. The van der Waals surface area contributed by atoms with Crippen molar-refractivity contribution in [1.82, 2.24) is 0 Å².